The van der Waals surface area contributed by atoms with E-state index in [1.54, 1.807) is 29.2 Å². The van der Waals surface area contributed by atoms with Gasteiger partial charge in [0.15, 0.2) is 11.5 Å². The molecule has 0 radical (unpaired) electrons. The lowest BCUT2D eigenvalue weighted by Gasteiger charge is -2.22. The van der Waals surface area contributed by atoms with E-state index in [1.807, 2.05) is 37.3 Å². The van der Waals surface area contributed by atoms with Crippen molar-refractivity contribution in [1.29, 1.82) is 0 Å². The maximum absolute atomic E-state index is 12.9. The Morgan fingerprint density at radius 1 is 1.12 bits per heavy atom. The van der Waals surface area contributed by atoms with Crippen molar-refractivity contribution in [2.45, 2.75) is 19.4 Å². The lowest BCUT2D eigenvalue weighted by Crippen LogP contribution is -2.36. The Balaban J connectivity index is 1.54. The minimum atomic E-state index is -0.135. The van der Waals surface area contributed by atoms with E-state index in [-0.39, 0.29) is 11.9 Å². The monoisotopic (exact) mass is 364 g/mol. The van der Waals surface area contributed by atoms with Crippen LogP contribution in [-0.2, 0) is 6.42 Å². The maximum Gasteiger partial charge on any atom is 0.279 e. The summed E-state index contributed by atoms with van der Waals surface area (Å²) in [4.78, 5) is 14.7. The number of carbonyl (C=O) groups is 1. The van der Waals surface area contributed by atoms with Crippen LogP contribution in [0, 0.1) is 0 Å². The molecule has 0 saturated carbocycles. The first-order valence-corrected chi connectivity index (χ1v) is 8.77. The van der Waals surface area contributed by atoms with Crippen LogP contribution in [0.4, 0.5) is 17.2 Å². The van der Waals surface area contributed by atoms with Crippen LogP contribution in [0.5, 0.6) is 0 Å². The third kappa shape index (κ3) is 3.13. The molecule has 0 fully saturated rings. The van der Waals surface area contributed by atoms with Gasteiger partial charge in [-0.1, -0.05) is 35.9 Å². The molecule has 1 aliphatic rings. The number of rotatable bonds is 3. The number of hydrogen-bond acceptors (Lipinski definition) is 4. The summed E-state index contributed by atoms with van der Waals surface area (Å²) in [6, 6.07) is 18.8. The number of nitrogens with zero attached hydrogens (tertiary/aromatic N) is 3. The molecule has 2 heterocycles. The molecule has 26 heavy (non-hydrogen) atoms. The van der Waals surface area contributed by atoms with Gasteiger partial charge in [0.25, 0.3) is 5.91 Å². The Bertz CT molecular complexity index is 958. The van der Waals surface area contributed by atoms with Gasteiger partial charge in [-0.3, -0.25) is 4.79 Å². The zero-order valence-electron chi connectivity index (χ0n) is 14.2. The molecule has 1 N–H and O–H groups in total. The molecule has 4 rings (SSSR count). The van der Waals surface area contributed by atoms with Crippen molar-refractivity contribution in [1.82, 2.24) is 10.2 Å². The Hall–Kier alpha value is -2.92. The first-order valence-electron chi connectivity index (χ1n) is 8.39. The number of nitrogens with one attached hydrogen (secondary N) is 1. The number of amides is 1. The molecule has 1 atom stereocenters. The largest absolute Gasteiger partial charge is 0.339 e. The van der Waals surface area contributed by atoms with E-state index >= 15 is 0 Å². The molecule has 1 unspecified atom stereocenters. The Morgan fingerprint density at radius 2 is 1.96 bits per heavy atom. The van der Waals surface area contributed by atoms with Crippen LogP contribution in [0.25, 0.3) is 0 Å². The minimum Gasteiger partial charge on any atom is -0.339 e. The molecule has 130 valence electrons. The summed E-state index contributed by atoms with van der Waals surface area (Å²) in [5.74, 6) is 0.419. The number of benzene rings is 2. The second-order valence-corrected chi connectivity index (χ2v) is 6.73. The molecule has 5 nitrogen and oxygen atoms in total. The predicted molar refractivity (Wildman–Crippen MR) is 103 cm³/mol. The average Bonchev–Trinajstić information content (AvgIpc) is 2.97. The predicted octanol–water partition coefficient (Wildman–Crippen LogP) is 4.47. The van der Waals surface area contributed by atoms with Gasteiger partial charge in [0.1, 0.15) is 0 Å². The summed E-state index contributed by atoms with van der Waals surface area (Å²) in [6.07, 6.45) is 0.851. The summed E-state index contributed by atoms with van der Waals surface area (Å²) < 4.78 is 0. The van der Waals surface area contributed by atoms with Gasteiger partial charge in [0.2, 0.25) is 0 Å². The summed E-state index contributed by atoms with van der Waals surface area (Å²) >= 11 is 5.98. The molecule has 6 heteroatoms. The Labute approximate surface area is 156 Å². The third-order valence-electron chi connectivity index (χ3n) is 4.41. The normalized spacial score (nSPS) is 15.6. The molecular formula is C20H17ClN4O. The topological polar surface area (TPSA) is 58.1 Å². The van der Waals surface area contributed by atoms with Gasteiger partial charge in [0.05, 0.1) is 0 Å². The Morgan fingerprint density at radius 3 is 2.73 bits per heavy atom. The second-order valence-electron chi connectivity index (χ2n) is 6.30. The lowest BCUT2D eigenvalue weighted by molar-refractivity contribution is 0.0975. The van der Waals surface area contributed by atoms with Crippen molar-refractivity contribution >= 4 is 34.7 Å². The molecule has 1 amide bonds. The van der Waals surface area contributed by atoms with Gasteiger partial charge >= 0.3 is 0 Å². The van der Waals surface area contributed by atoms with E-state index in [4.69, 9.17) is 11.6 Å². The van der Waals surface area contributed by atoms with E-state index in [0.29, 0.717) is 16.5 Å². The van der Waals surface area contributed by atoms with Crippen molar-refractivity contribution in [2.75, 3.05) is 10.2 Å². The van der Waals surface area contributed by atoms with Crippen LogP contribution in [-0.4, -0.2) is 22.1 Å². The SMILES string of the molecule is CC1Cc2ccccc2N1C(=O)c1ccc(Nc2cccc(Cl)c2)nn1. The van der Waals surface area contributed by atoms with Crippen molar-refractivity contribution in [3.05, 3.63) is 76.9 Å². The van der Waals surface area contributed by atoms with Gasteiger partial charge in [0, 0.05) is 22.4 Å². The first kappa shape index (κ1) is 16.5. The fraction of sp³-hybridized carbons (Fsp3) is 0.150. The van der Waals surface area contributed by atoms with Crippen LogP contribution >= 0.6 is 11.6 Å². The standard InChI is InChI=1S/C20H17ClN4O/c1-13-11-14-5-2-3-8-18(14)25(13)20(26)17-9-10-19(24-23-17)22-16-7-4-6-15(21)12-16/h2-10,12-13H,11H2,1H3,(H,22,24). The van der Waals surface area contributed by atoms with Crippen molar-refractivity contribution in [3.63, 3.8) is 0 Å². The van der Waals surface area contributed by atoms with Gasteiger partial charge in [-0.25, -0.2) is 0 Å². The van der Waals surface area contributed by atoms with Crippen LogP contribution in [0.2, 0.25) is 5.02 Å². The van der Waals surface area contributed by atoms with Crippen molar-refractivity contribution < 1.29 is 4.79 Å². The summed E-state index contributed by atoms with van der Waals surface area (Å²) in [5, 5.41) is 12.0. The quantitative estimate of drug-likeness (QED) is 0.745. The minimum absolute atomic E-state index is 0.103. The van der Waals surface area contributed by atoms with Crippen molar-refractivity contribution in [3.8, 4) is 0 Å². The fourth-order valence-electron chi connectivity index (χ4n) is 3.23. The zero-order valence-corrected chi connectivity index (χ0v) is 14.9. The van der Waals surface area contributed by atoms with Crippen LogP contribution in [0.1, 0.15) is 23.0 Å². The fourth-order valence-corrected chi connectivity index (χ4v) is 3.42. The van der Waals surface area contributed by atoms with Gasteiger partial charge in [-0.15, -0.1) is 10.2 Å². The molecule has 0 spiro atoms. The van der Waals surface area contributed by atoms with Crippen LogP contribution < -0.4 is 10.2 Å². The number of aromatic nitrogens is 2. The summed E-state index contributed by atoms with van der Waals surface area (Å²) in [6.45, 7) is 2.04. The number of anilines is 3. The highest BCUT2D eigenvalue weighted by Gasteiger charge is 2.31. The summed E-state index contributed by atoms with van der Waals surface area (Å²) in [5.41, 5.74) is 3.27. The van der Waals surface area contributed by atoms with E-state index in [0.717, 1.165) is 17.8 Å². The summed E-state index contributed by atoms with van der Waals surface area (Å²) in [7, 11) is 0. The smallest absolute Gasteiger partial charge is 0.279 e. The lowest BCUT2D eigenvalue weighted by atomic mass is 10.1. The highest BCUT2D eigenvalue weighted by atomic mass is 35.5. The highest BCUT2D eigenvalue weighted by molar-refractivity contribution is 6.30. The van der Waals surface area contributed by atoms with Crippen LogP contribution in [0.3, 0.4) is 0 Å². The number of para-hydroxylation sites is 1. The molecule has 0 aliphatic carbocycles. The number of halogens is 1. The van der Waals surface area contributed by atoms with Gasteiger partial charge in [-0.2, -0.15) is 0 Å². The highest BCUT2D eigenvalue weighted by Crippen LogP contribution is 2.32. The van der Waals surface area contributed by atoms with Crippen molar-refractivity contribution in [2.24, 2.45) is 0 Å². The molecule has 0 saturated heterocycles. The molecule has 2 aromatic carbocycles. The molecule has 3 aromatic rings. The van der Waals surface area contributed by atoms with E-state index in [2.05, 4.69) is 21.6 Å². The molecular weight excluding hydrogens is 348 g/mol. The molecule has 1 aromatic heterocycles. The molecule has 0 bridgehead atoms. The number of hydrogen-bond donors (Lipinski definition) is 1. The first-order chi connectivity index (χ1) is 12.6. The number of carbonyl (C=O) groups excluding carboxylic acids is 1. The zero-order chi connectivity index (χ0) is 18.1. The van der Waals surface area contributed by atoms with Gasteiger partial charge in [-0.05, 0) is 55.3 Å². The van der Waals surface area contributed by atoms with Crippen LogP contribution in [0.15, 0.2) is 60.7 Å². The van der Waals surface area contributed by atoms with Gasteiger partial charge < -0.3 is 10.2 Å². The number of fused-ring (bicyclic) bond motifs is 1. The van der Waals surface area contributed by atoms with E-state index in [1.165, 1.54) is 5.56 Å². The second kappa shape index (κ2) is 6.77. The third-order valence-corrected chi connectivity index (χ3v) is 4.64. The van der Waals surface area contributed by atoms with E-state index < -0.39 is 0 Å². The van der Waals surface area contributed by atoms with E-state index in [9.17, 15) is 4.79 Å². The maximum atomic E-state index is 12.9. The average molecular weight is 365 g/mol. The Kier molecular flexibility index (Phi) is 4.31. The molecule has 1 aliphatic heterocycles.